The van der Waals surface area contributed by atoms with Crippen LogP contribution in [-0.2, 0) is 14.4 Å². The van der Waals surface area contributed by atoms with E-state index in [1.807, 2.05) is 30.3 Å². The number of barbiturate groups is 1. The molecule has 1 N–H and O–H groups in total. The van der Waals surface area contributed by atoms with Crippen molar-refractivity contribution in [3.63, 3.8) is 0 Å². The van der Waals surface area contributed by atoms with Gasteiger partial charge in [-0.25, -0.2) is 14.5 Å². The minimum absolute atomic E-state index is 0.171. The summed E-state index contributed by atoms with van der Waals surface area (Å²) in [5, 5.41) is 2.18. The minimum Gasteiger partial charge on any atom is -0.497 e. The Hall–Kier alpha value is -5.18. The number of methoxy groups -OCH3 is 1. The van der Waals surface area contributed by atoms with Gasteiger partial charge in [0, 0.05) is 12.1 Å². The number of hydrogen-bond donors (Lipinski definition) is 1. The largest absolute Gasteiger partial charge is 0.497 e. The molecule has 0 atom stereocenters. The average molecular weight is 513 g/mol. The van der Waals surface area contributed by atoms with Crippen molar-refractivity contribution in [2.24, 2.45) is 0 Å². The van der Waals surface area contributed by atoms with E-state index >= 15 is 0 Å². The van der Waals surface area contributed by atoms with E-state index in [1.165, 1.54) is 37.5 Å². The summed E-state index contributed by atoms with van der Waals surface area (Å²) in [6.45, 7) is 2.05. The molecule has 0 aromatic heterocycles. The van der Waals surface area contributed by atoms with E-state index in [0.29, 0.717) is 11.3 Å². The van der Waals surface area contributed by atoms with E-state index in [1.54, 1.807) is 37.3 Å². The Balaban J connectivity index is 1.59. The number of anilines is 1. The van der Waals surface area contributed by atoms with E-state index < -0.39 is 23.8 Å². The van der Waals surface area contributed by atoms with Gasteiger partial charge in [0.25, 0.3) is 11.8 Å². The molecule has 0 saturated carbocycles. The second kappa shape index (κ2) is 11.7. The normalized spacial score (nSPS) is 14.5. The number of amides is 4. The highest BCUT2D eigenvalue weighted by molar-refractivity contribution is 6.39. The Morgan fingerprint density at radius 1 is 0.921 bits per heavy atom. The van der Waals surface area contributed by atoms with Crippen LogP contribution in [-0.4, -0.2) is 37.5 Å². The highest BCUT2D eigenvalue weighted by Gasteiger charge is 2.37. The lowest BCUT2D eigenvalue weighted by molar-refractivity contribution is -0.129. The Labute approximate surface area is 218 Å². The SMILES string of the molecule is CCOc1cc(/C=C2\C(=O)NC(=O)N(c3cccc(OC)c3)C2=O)ccc1OC(=O)/C=C/c1ccccc1. The molecule has 0 aliphatic carbocycles. The topological polar surface area (TPSA) is 111 Å². The molecule has 3 aromatic rings. The van der Waals surface area contributed by atoms with Gasteiger partial charge in [-0.05, 0) is 54.5 Å². The van der Waals surface area contributed by atoms with Gasteiger partial charge >= 0.3 is 12.0 Å². The first-order valence-electron chi connectivity index (χ1n) is 11.7. The number of urea groups is 1. The first-order valence-corrected chi connectivity index (χ1v) is 11.7. The molecule has 4 rings (SSSR count). The van der Waals surface area contributed by atoms with E-state index in [0.717, 1.165) is 10.5 Å². The van der Waals surface area contributed by atoms with Crippen LogP contribution in [0.5, 0.6) is 17.2 Å². The minimum atomic E-state index is -0.869. The zero-order chi connectivity index (χ0) is 27.1. The van der Waals surface area contributed by atoms with Crippen LogP contribution < -0.4 is 24.4 Å². The van der Waals surface area contributed by atoms with Crippen molar-refractivity contribution < 1.29 is 33.4 Å². The number of benzene rings is 3. The van der Waals surface area contributed by atoms with Crippen molar-refractivity contribution in [1.29, 1.82) is 0 Å². The molecule has 192 valence electrons. The third-order valence-electron chi connectivity index (χ3n) is 5.41. The quantitative estimate of drug-likeness (QED) is 0.206. The molecule has 0 bridgehead atoms. The van der Waals surface area contributed by atoms with Crippen molar-refractivity contribution in [2.75, 3.05) is 18.6 Å². The molecule has 1 aliphatic rings. The standard InChI is InChI=1S/C29H24N2O7/c1-3-37-25-17-20(12-14-24(25)38-26(32)15-13-19-8-5-4-6-9-19)16-23-27(33)30-29(35)31(28(23)34)21-10-7-11-22(18-21)36-2/h4-18H,3H2,1-2H3,(H,30,33,35)/b15-13+,23-16+. The molecule has 38 heavy (non-hydrogen) atoms. The summed E-state index contributed by atoms with van der Waals surface area (Å²) in [5.74, 6) is -1.38. The first kappa shape index (κ1) is 25.9. The number of rotatable bonds is 8. The van der Waals surface area contributed by atoms with E-state index in [-0.39, 0.29) is 29.4 Å². The monoisotopic (exact) mass is 512 g/mol. The van der Waals surface area contributed by atoms with Gasteiger partial charge in [-0.15, -0.1) is 0 Å². The van der Waals surface area contributed by atoms with Crippen LogP contribution in [0.2, 0.25) is 0 Å². The molecule has 1 aliphatic heterocycles. The number of hydrogen-bond acceptors (Lipinski definition) is 7. The van der Waals surface area contributed by atoms with Gasteiger partial charge < -0.3 is 14.2 Å². The summed E-state index contributed by atoms with van der Waals surface area (Å²) in [6.07, 6.45) is 4.26. The molecule has 1 saturated heterocycles. The van der Waals surface area contributed by atoms with Gasteiger partial charge in [-0.3, -0.25) is 14.9 Å². The molecule has 4 amide bonds. The Morgan fingerprint density at radius 2 is 1.71 bits per heavy atom. The zero-order valence-electron chi connectivity index (χ0n) is 20.7. The lowest BCUT2D eigenvalue weighted by Gasteiger charge is -2.26. The number of carbonyl (C=O) groups is 4. The molecule has 9 heteroatoms. The fourth-order valence-corrected chi connectivity index (χ4v) is 3.65. The molecule has 1 heterocycles. The van der Waals surface area contributed by atoms with Crippen LogP contribution in [0.15, 0.2) is 84.4 Å². The Kier molecular flexibility index (Phi) is 7.98. The zero-order valence-corrected chi connectivity index (χ0v) is 20.7. The molecule has 9 nitrogen and oxygen atoms in total. The molecule has 3 aromatic carbocycles. The first-order chi connectivity index (χ1) is 18.4. The highest BCUT2D eigenvalue weighted by atomic mass is 16.6. The smallest absolute Gasteiger partial charge is 0.336 e. The summed E-state index contributed by atoms with van der Waals surface area (Å²) in [5.41, 5.74) is 1.25. The third-order valence-corrected chi connectivity index (χ3v) is 5.41. The Morgan fingerprint density at radius 3 is 2.45 bits per heavy atom. The number of imide groups is 2. The van der Waals surface area contributed by atoms with Gasteiger partial charge in [-0.1, -0.05) is 42.5 Å². The van der Waals surface area contributed by atoms with Crippen LogP contribution in [0, 0.1) is 0 Å². The van der Waals surface area contributed by atoms with Crippen molar-refractivity contribution in [3.05, 3.63) is 95.6 Å². The van der Waals surface area contributed by atoms with E-state index in [2.05, 4.69) is 5.32 Å². The second-order valence-corrected chi connectivity index (χ2v) is 7.96. The van der Waals surface area contributed by atoms with Gasteiger partial charge in [0.1, 0.15) is 11.3 Å². The molecule has 0 radical (unpaired) electrons. The predicted octanol–water partition coefficient (Wildman–Crippen LogP) is 4.38. The summed E-state index contributed by atoms with van der Waals surface area (Å²) < 4.78 is 16.2. The lowest BCUT2D eigenvalue weighted by Crippen LogP contribution is -2.54. The van der Waals surface area contributed by atoms with Crippen LogP contribution in [0.3, 0.4) is 0 Å². The van der Waals surface area contributed by atoms with Crippen molar-refractivity contribution >= 4 is 41.7 Å². The second-order valence-electron chi connectivity index (χ2n) is 7.96. The molecule has 0 spiro atoms. The maximum atomic E-state index is 13.2. The summed E-state index contributed by atoms with van der Waals surface area (Å²) in [4.78, 5) is 51.4. The van der Waals surface area contributed by atoms with Crippen LogP contribution in [0.25, 0.3) is 12.2 Å². The molecular formula is C29H24N2O7. The summed E-state index contributed by atoms with van der Waals surface area (Å²) in [6, 6.07) is 19.4. The average Bonchev–Trinajstić information content (AvgIpc) is 2.92. The number of esters is 1. The van der Waals surface area contributed by atoms with E-state index in [9.17, 15) is 19.2 Å². The van der Waals surface area contributed by atoms with Crippen LogP contribution in [0.1, 0.15) is 18.1 Å². The van der Waals surface area contributed by atoms with Crippen molar-refractivity contribution in [1.82, 2.24) is 5.32 Å². The fraction of sp³-hybridized carbons (Fsp3) is 0.103. The van der Waals surface area contributed by atoms with Crippen molar-refractivity contribution in [3.8, 4) is 17.2 Å². The number of nitrogens with zero attached hydrogens (tertiary/aromatic N) is 1. The number of carbonyl (C=O) groups excluding carboxylic acids is 4. The van der Waals surface area contributed by atoms with Crippen molar-refractivity contribution in [2.45, 2.75) is 6.92 Å². The maximum Gasteiger partial charge on any atom is 0.336 e. The summed E-state index contributed by atoms with van der Waals surface area (Å²) in [7, 11) is 1.46. The molecular weight excluding hydrogens is 488 g/mol. The van der Waals surface area contributed by atoms with E-state index in [4.69, 9.17) is 14.2 Å². The lowest BCUT2D eigenvalue weighted by atomic mass is 10.1. The van der Waals surface area contributed by atoms with Gasteiger partial charge in [0.05, 0.1) is 19.4 Å². The fourth-order valence-electron chi connectivity index (χ4n) is 3.65. The number of ether oxygens (including phenoxy) is 3. The Bertz CT molecular complexity index is 1440. The van der Waals surface area contributed by atoms with Crippen LogP contribution >= 0.6 is 0 Å². The maximum absolute atomic E-state index is 13.2. The molecule has 1 fully saturated rings. The predicted molar refractivity (Wildman–Crippen MR) is 141 cm³/mol. The number of nitrogens with one attached hydrogen (secondary N) is 1. The van der Waals surface area contributed by atoms with Gasteiger partial charge in [0.2, 0.25) is 0 Å². The van der Waals surface area contributed by atoms with Gasteiger partial charge in [0.15, 0.2) is 11.5 Å². The highest BCUT2D eigenvalue weighted by Crippen LogP contribution is 2.31. The van der Waals surface area contributed by atoms with Gasteiger partial charge in [-0.2, -0.15) is 0 Å². The molecule has 0 unspecified atom stereocenters. The van der Waals surface area contributed by atoms with Crippen LogP contribution in [0.4, 0.5) is 10.5 Å². The summed E-state index contributed by atoms with van der Waals surface area (Å²) >= 11 is 0. The third kappa shape index (κ3) is 5.96.